The molecule has 0 fully saturated rings. The Morgan fingerprint density at radius 2 is 1.44 bits per heavy atom. The Labute approximate surface area is 199 Å². The van der Waals surface area contributed by atoms with Crippen LogP contribution in [0.4, 0.5) is 0 Å². The molecule has 0 bridgehead atoms. The summed E-state index contributed by atoms with van der Waals surface area (Å²) in [5, 5.41) is 21.2. The van der Waals surface area contributed by atoms with Crippen LogP contribution in [0.1, 0.15) is 84.9 Å². The van der Waals surface area contributed by atoms with Crippen molar-refractivity contribution in [2.75, 3.05) is 0 Å². The molecule has 0 saturated heterocycles. The molecule has 1 aliphatic heterocycles. The first kappa shape index (κ1) is 23.3. The van der Waals surface area contributed by atoms with Crippen LogP contribution >= 0.6 is 0 Å². The van der Waals surface area contributed by atoms with Crippen molar-refractivity contribution in [1.82, 2.24) is 0 Å². The lowest BCUT2D eigenvalue weighted by molar-refractivity contribution is 0.0897. The van der Waals surface area contributed by atoms with Crippen LogP contribution in [0.3, 0.4) is 0 Å². The molecule has 3 N–H and O–H groups in total. The second-order valence-corrected chi connectivity index (χ2v) is 10.8. The van der Waals surface area contributed by atoms with Crippen LogP contribution in [0.25, 0.3) is 0 Å². The number of aromatic hydroxyl groups is 1. The predicted molar refractivity (Wildman–Crippen MR) is 128 cm³/mol. The van der Waals surface area contributed by atoms with Gasteiger partial charge in [0.05, 0.1) is 11.5 Å². The molecule has 4 rings (SSSR count). The Morgan fingerprint density at radius 1 is 0.941 bits per heavy atom. The second-order valence-electron chi connectivity index (χ2n) is 10.8. The number of benzene rings is 2. The zero-order valence-corrected chi connectivity index (χ0v) is 20.2. The van der Waals surface area contributed by atoms with E-state index in [1.165, 1.54) is 0 Å². The molecule has 0 aromatic heterocycles. The summed E-state index contributed by atoms with van der Waals surface area (Å²) >= 11 is 0. The number of Topliss-reactive ketones (excluding diaryl/α,β-unsaturated/α-hetero) is 2. The first-order chi connectivity index (χ1) is 15.8. The number of ether oxygens (including phenoxy) is 1. The van der Waals surface area contributed by atoms with Crippen molar-refractivity contribution in [1.29, 1.82) is 5.26 Å². The normalized spacial score (nSPS) is 18.3. The number of phenols is 1. The van der Waals surface area contributed by atoms with Crippen molar-refractivity contribution >= 4 is 11.6 Å². The lowest BCUT2D eigenvalue weighted by Gasteiger charge is -2.33. The Balaban J connectivity index is 2.06. The fourth-order valence-electron chi connectivity index (χ4n) is 4.61. The van der Waals surface area contributed by atoms with Crippen LogP contribution in [0.2, 0.25) is 0 Å². The number of carbonyl (C=O) groups excluding carboxylic acids is 2. The lowest BCUT2D eigenvalue weighted by atomic mass is 9.72. The molecule has 2 aliphatic rings. The van der Waals surface area contributed by atoms with Crippen LogP contribution in [0, 0.1) is 11.3 Å². The summed E-state index contributed by atoms with van der Waals surface area (Å²) in [5.41, 5.74) is 7.88. The number of ketones is 2. The van der Waals surface area contributed by atoms with Crippen LogP contribution in [-0.2, 0) is 15.6 Å². The highest BCUT2D eigenvalue weighted by molar-refractivity contribution is 6.27. The topological polar surface area (TPSA) is 113 Å². The highest BCUT2D eigenvalue weighted by atomic mass is 16.5. The van der Waals surface area contributed by atoms with Gasteiger partial charge in [-0.05, 0) is 27.5 Å². The minimum atomic E-state index is -0.902. The highest BCUT2D eigenvalue weighted by Gasteiger charge is 2.44. The van der Waals surface area contributed by atoms with Crippen LogP contribution in [-0.4, -0.2) is 16.7 Å². The quantitative estimate of drug-likeness (QED) is 0.615. The fourth-order valence-corrected chi connectivity index (χ4v) is 4.61. The molecule has 0 saturated carbocycles. The van der Waals surface area contributed by atoms with Crippen LogP contribution in [0.15, 0.2) is 59.2 Å². The molecule has 6 heteroatoms. The summed E-state index contributed by atoms with van der Waals surface area (Å²) in [6.45, 7) is 11.9. The van der Waals surface area contributed by atoms with Crippen molar-refractivity contribution < 1.29 is 19.4 Å². The molecular weight excluding hydrogens is 428 g/mol. The third-order valence-electron chi connectivity index (χ3n) is 6.37. The van der Waals surface area contributed by atoms with Gasteiger partial charge in [0.1, 0.15) is 17.4 Å². The van der Waals surface area contributed by atoms with E-state index in [2.05, 4.69) is 6.07 Å². The van der Waals surface area contributed by atoms with Gasteiger partial charge in [-0.15, -0.1) is 0 Å². The van der Waals surface area contributed by atoms with Gasteiger partial charge in [-0.1, -0.05) is 77.9 Å². The Kier molecular flexibility index (Phi) is 5.21. The Bertz CT molecular complexity index is 1320. The molecule has 1 aliphatic carbocycles. The van der Waals surface area contributed by atoms with E-state index in [9.17, 15) is 20.0 Å². The molecule has 1 heterocycles. The average Bonchev–Trinajstić information content (AvgIpc) is 2.75. The van der Waals surface area contributed by atoms with E-state index in [0.29, 0.717) is 16.7 Å². The SMILES string of the molecule is CC(C)(C)c1cc(C2C(C#N)=C(N)OC3=C2C(=O)c2ccccc2C3=O)cc(C(C)(C)C)c1O. The van der Waals surface area contributed by atoms with Gasteiger partial charge < -0.3 is 15.6 Å². The lowest BCUT2D eigenvalue weighted by Crippen LogP contribution is -2.32. The minimum Gasteiger partial charge on any atom is -0.507 e. The molecule has 0 radical (unpaired) electrons. The van der Waals surface area contributed by atoms with Crippen molar-refractivity contribution in [2.45, 2.75) is 58.3 Å². The van der Waals surface area contributed by atoms with Crippen molar-refractivity contribution in [3.63, 3.8) is 0 Å². The molecule has 2 aromatic rings. The molecule has 1 unspecified atom stereocenters. The van der Waals surface area contributed by atoms with Gasteiger partial charge in [0.25, 0.3) is 0 Å². The number of hydrogen-bond acceptors (Lipinski definition) is 6. The summed E-state index contributed by atoms with van der Waals surface area (Å²) in [5.74, 6) is -1.89. The highest BCUT2D eigenvalue weighted by Crippen LogP contribution is 2.48. The van der Waals surface area contributed by atoms with Crippen molar-refractivity contribution in [3.05, 3.63) is 87.0 Å². The summed E-state index contributed by atoms with van der Waals surface area (Å²) in [7, 11) is 0. The number of rotatable bonds is 1. The monoisotopic (exact) mass is 456 g/mol. The fraction of sp³-hybridized carbons (Fsp3) is 0.321. The first-order valence-corrected chi connectivity index (χ1v) is 11.2. The van der Waals surface area contributed by atoms with Gasteiger partial charge in [-0.25, -0.2) is 0 Å². The number of nitrogens with two attached hydrogens (primary N) is 1. The van der Waals surface area contributed by atoms with Gasteiger partial charge in [-0.2, -0.15) is 5.26 Å². The van der Waals surface area contributed by atoms with E-state index < -0.39 is 22.5 Å². The maximum absolute atomic E-state index is 13.7. The number of fused-ring (bicyclic) bond motifs is 1. The van der Waals surface area contributed by atoms with Gasteiger partial charge in [-0.3, -0.25) is 9.59 Å². The third kappa shape index (κ3) is 3.49. The molecule has 0 amide bonds. The Hall–Kier alpha value is -3.85. The minimum absolute atomic E-state index is 0.0599. The molecule has 1 atom stereocenters. The van der Waals surface area contributed by atoms with Crippen LogP contribution in [0.5, 0.6) is 5.75 Å². The van der Waals surface area contributed by atoms with E-state index in [1.54, 1.807) is 36.4 Å². The Morgan fingerprint density at radius 3 is 1.91 bits per heavy atom. The van der Waals surface area contributed by atoms with Gasteiger partial charge >= 0.3 is 0 Å². The summed E-state index contributed by atoms with van der Waals surface area (Å²) in [6, 6.07) is 12.2. The summed E-state index contributed by atoms with van der Waals surface area (Å²) in [4.78, 5) is 27.0. The molecule has 174 valence electrons. The summed E-state index contributed by atoms with van der Waals surface area (Å²) < 4.78 is 5.60. The van der Waals surface area contributed by atoms with E-state index >= 15 is 0 Å². The number of hydrogen-bond donors (Lipinski definition) is 2. The van der Waals surface area contributed by atoms with E-state index in [-0.39, 0.29) is 45.4 Å². The number of nitriles is 1. The van der Waals surface area contributed by atoms with Crippen molar-refractivity contribution in [3.8, 4) is 11.8 Å². The van der Waals surface area contributed by atoms with Gasteiger partial charge in [0.2, 0.25) is 11.7 Å². The maximum Gasteiger partial charge on any atom is 0.229 e. The second kappa shape index (κ2) is 7.59. The van der Waals surface area contributed by atoms with E-state index in [0.717, 1.165) is 0 Å². The smallest absolute Gasteiger partial charge is 0.229 e. The standard InChI is InChI=1S/C28H28N2O4/c1-27(2,3)18-11-14(12-19(24(18)33)28(4,5)6)20-17(13-29)26(30)34-25-21(20)22(31)15-9-7-8-10-16(15)23(25)32/h7-12,20,33H,30H2,1-6H3. The molecule has 0 spiro atoms. The molecule has 2 aromatic carbocycles. The zero-order valence-electron chi connectivity index (χ0n) is 20.2. The zero-order chi connectivity index (χ0) is 25.2. The van der Waals surface area contributed by atoms with E-state index in [4.69, 9.17) is 10.5 Å². The number of nitrogens with zero attached hydrogens (tertiary/aromatic N) is 1. The van der Waals surface area contributed by atoms with Crippen LogP contribution < -0.4 is 5.73 Å². The maximum atomic E-state index is 13.7. The number of phenolic OH excluding ortho intramolecular Hbond substituents is 1. The third-order valence-corrected chi connectivity index (χ3v) is 6.37. The van der Waals surface area contributed by atoms with Gasteiger partial charge in [0.15, 0.2) is 11.5 Å². The van der Waals surface area contributed by atoms with Crippen molar-refractivity contribution in [2.24, 2.45) is 5.73 Å². The van der Waals surface area contributed by atoms with E-state index in [1.807, 2.05) is 41.5 Å². The molecular formula is C28H28N2O4. The number of allylic oxidation sites excluding steroid dienone is 3. The largest absolute Gasteiger partial charge is 0.507 e. The number of carbonyl (C=O) groups is 2. The summed E-state index contributed by atoms with van der Waals surface area (Å²) in [6.07, 6.45) is 0. The average molecular weight is 457 g/mol. The molecule has 6 nitrogen and oxygen atoms in total. The van der Waals surface area contributed by atoms with Gasteiger partial charge in [0, 0.05) is 11.1 Å². The molecule has 34 heavy (non-hydrogen) atoms. The predicted octanol–water partition coefficient (Wildman–Crippen LogP) is 5.13. The first-order valence-electron chi connectivity index (χ1n) is 11.2.